The van der Waals surface area contributed by atoms with Crippen LogP contribution < -0.4 is 15.4 Å². The van der Waals surface area contributed by atoms with E-state index in [0.29, 0.717) is 0 Å². The van der Waals surface area contributed by atoms with Crippen LogP contribution in [0.25, 0.3) is 0 Å². The average Bonchev–Trinajstić information content (AvgIpc) is 2.51. The van der Waals surface area contributed by atoms with E-state index in [9.17, 15) is 9.18 Å². The molecule has 4 nitrogen and oxygen atoms in total. The minimum atomic E-state index is -0.584. The maximum atomic E-state index is 13.6. The van der Waals surface area contributed by atoms with Crippen LogP contribution in [0.4, 0.5) is 14.9 Å². The summed E-state index contributed by atoms with van der Waals surface area (Å²) >= 11 is 5.86. The van der Waals surface area contributed by atoms with E-state index in [4.69, 9.17) is 16.3 Å². The number of urea groups is 1. The Morgan fingerprint density at radius 3 is 2.50 bits per heavy atom. The average molecular weight is 323 g/mol. The Kier molecular flexibility index (Phi) is 5.22. The van der Waals surface area contributed by atoms with Crippen molar-refractivity contribution >= 4 is 23.3 Å². The van der Waals surface area contributed by atoms with Gasteiger partial charge in [-0.25, -0.2) is 9.18 Å². The van der Waals surface area contributed by atoms with Crippen molar-refractivity contribution in [3.05, 3.63) is 58.9 Å². The Morgan fingerprint density at radius 1 is 1.23 bits per heavy atom. The number of hydrogen-bond acceptors (Lipinski definition) is 2. The summed E-state index contributed by atoms with van der Waals surface area (Å²) in [5.41, 5.74) is 0.860. The lowest BCUT2D eigenvalue weighted by atomic mass is 10.1. The standard InChI is InChI=1S/C16H16ClFN2O2/c1-10(11-6-8-12(22-2)9-7-11)19-16(21)20-15-13(17)4-3-5-14(15)18/h3-10H,1-2H3,(H2,19,20,21). The molecule has 0 bridgehead atoms. The zero-order valence-electron chi connectivity index (χ0n) is 12.2. The molecule has 0 saturated heterocycles. The predicted octanol–water partition coefficient (Wildman–Crippen LogP) is 4.37. The quantitative estimate of drug-likeness (QED) is 0.878. The largest absolute Gasteiger partial charge is 0.497 e. The molecule has 0 aliphatic heterocycles. The molecule has 0 aliphatic rings. The van der Waals surface area contributed by atoms with E-state index >= 15 is 0 Å². The number of amides is 2. The Hall–Kier alpha value is -2.27. The first-order valence-electron chi connectivity index (χ1n) is 6.66. The maximum absolute atomic E-state index is 13.6. The van der Waals surface area contributed by atoms with Crippen LogP contribution in [0.5, 0.6) is 5.75 Å². The van der Waals surface area contributed by atoms with Crippen molar-refractivity contribution in [2.75, 3.05) is 12.4 Å². The summed E-state index contributed by atoms with van der Waals surface area (Å²) in [5, 5.41) is 5.29. The summed E-state index contributed by atoms with van der Waals surface area (Å²) in [6.45, 7) is 1.82. The normalized spacial score (nSPS) is 11.6. The fourth-order valence-electron chi connectivity index (χ4n) is 1.94. The zero-order chi connectivity index (χ0) is 16.1. The van der Waals surface area contributed by atoms with Crippen molar-refractivity contribution in [3.63, 3.8) is 0 Å². The number of halogens is 2. The monoisotopic (exact) mass is 322 g/mol. The van der Waals surface area contributed by atoms with Gasteiger partial charge >= 0.3 is 6.03 Å². The molecule has 116 valence electrons. The van der Waals surface area contributed by atoms with Gasteiger partial charge in [-0.15, -0.1) is 0 Å². The van der Waals surface area contributed by atoms with Gasteiger partial charge in [0, 0.05) is 0 Å². The molecule has 2 rings (SSSR count). The molecule has 6 heteroatoms. The van der Waals surface area contributed by atoms with Gasteiger partial charge in [-0.05, 0) is 36.8 Å². The van der Waals surface area contributed by atoms with E-state index in [1.165, 1.54) is 18.2 Å². The van der Waals surface area contributed by atoms with Crippen LogP contribution >= 0.6 is 11.6 Å². The van der Waals surface area contributed by atoms with Gasteiger partial charge in [-0.2, -0.15) is 0 Å². The van der Waals surface area contributed by atoms with Crippen LogP contribution in [-0.4, -0.2) is 13.1 Å². The number of nitrogens with one attached hydrogen (secondary N) is 2. The van der Waals surface area contributed by atoms with Crippen LogP contribution in [0, 0.1) is 5.82 Å². The molecule has 22 heavy (non-hydrogen) atoms. The molecular formula is C16H16ClFN2O2. The van der Waals surface area contributed by atoms with E-state index in [1.54, 1.807) is 19.2 Å². The molecule has 1 unspecified atom stereocenters. The Bertz CT molecular complexity index is 641. The third-order valence-corrected chi connectivity index (χ3v) is 3.48. The molecule has 2 amide bonds. The van der Waals surface area contributed by atoms with E-state index in [2.05, 4.69) is 10.6 Å². The van der Waals surface area contributed by atoms with E-state index in [1.807, 2.05) is 19.1 Å². The summed E-state index contributed by atoms with van der Waals surface area (Å²) in [6.07, 6.45) is 0. The van der Waals surface area contributed by atoms with Crippen LogP contribution in [0.3, 0.4) is 0 Å². The van der Waals surface area contributed by atoms with Crippen molar-refractivity contribution in [2.45, 2.75) is 13.0 Å². The minimum absolute atomic E-state index is 0.0383. The molecule has 0 fully saturated rings. The van der Waals surface area contributed by atoms with Crippen molar-refractivity contribution in [1.82, 2.24) is 5.32 Å². The van der Waals surface area contributed by atoms with Crippen molar-refractivity contribution in [1.29, 1.82) is 0 Å². The first kappa shape index (κ1) is 16.1. The molecule has 2 aromatic rings. The smallest absolute Gasteiger partial charge is 0.319 e. The number of ether oxygens (including phenoxy) is 1. The molecule has 0 heterocycles. The second-order valence-electron chi connectivity index (χ2n) is 4.69. The van der Waals surface area contributed by atoms with Gasteiger partial charge in [0.25, 0.3) is 0 Å². The van der Waals surface area contributed by atoms with Gasteiger partial charge in [0.05, 0.1) is 23.9 Å². The molecule has 0 spiro atoms. The number of carbonyl (C=O) groups excluding carboxylic acids is 1. The highest BCUT2D eigenvalue weighted by Crippen LogP contribution is 2.24. The molecule has 2 aromatic carbocycles. The van der Waals surface area contributed by atoms with Gasteiger partial charge in [0.15, 0.2) is 0 Å². The summed E-state index contributed by atoms with van der Waals surface area (Å²) in [6, 6.07) is 10.7. The summed E-state index contributed by atoms with van der Waals surface area (Å²) in [7, 11) is 1.59. The highest BCUT2D eigenvalue weighted by atomic mass is 35.5. The van der Waals surface area contributed by atoms with Crippen molar-refractivity contribution in [2.24, 2.45) is 0 Å². The van der Waals surface area contributed by atoms with Gasteiger partial charge in [0.2, 0.25) is 0 Å². The summed E-state index contributed by atoms with van der Waals surface area (Å²) in [4.78, 5) is 12.0. The Balaban J connectivity index is 2.01. The lowest BCUT2D eigenvalue weighted by molar-refractivity contribution is 0.249. The first-order valence-corrected chi connectivity index (χ1v) is 7.04. The van der Waals surface area contributed by atoms with E-state index < -0.39 is 11.8 Å². The molecular weight excluding hydrogens is 307 g/mol. The van der Waals surface area contributed by atoms with Gasteiger partial charge in [0.1, 0.15) is 11.6 Å². The van der Waals surface area contributed by atoms with Crippen molar-refractivity contribution in [3.8, 4) is 5.75 Å². The van der Waals surface area contributed by atoms with Crippen LogP contribution in [-0.2, 0) is 0 Å². The summed E-state index contributed by atoms with van der Waals surface area (Å²) in [5.74, 6) is 0.151. The zero-order valence-corrected chi connectivity index (χ0v) is 12.9. The second kappa shape index (κ2) is 7.13. The second-order valence-corrected chi connectivity index (χ2v) is 5.10. The Morgan fingerprint density at radius 2 is 1.91 bits per heavy atom. The highest BCUT2D eigenvalue weighted by molar-refractivity contribution is 6.33. The fourth-order valence-corrected chi connectivity index (χ4v) is 2.15. The topological polar surface area (TPSA) is 50.4 Å². The number of benzene rings is 2. The highest BCUT2D eigenvalue weighted by Gasteiger charge is 2.13. The van der Waals surface area contributed by atoms with Gasteiger partial charge in [-0.3, -0.25) is 0 Å². The molecule has 0 saturated carbocycles. The SMILES string of the molecule is COc1ccc(C(C)NC(=O)Nc2c(F)cccc2Cl)cc1. The van der Waals surface area contributed by atoms with E-state index in [0.717, 1.165) is 11.3 Å². The third-order valence-electron chi connectivity index (χ3n) is 3.16. The number of carbonyl (C=O) groups is 1. The van der Waals surface area contributed by atoms with Gasteiger partial charge in [-0.1, -0.05) is 29.8 Å². The number of hydrogen-bond donors (Lipinski definition) is 2. The lowest BCUT2D eigenvalue weighted by Gasteiger charge is -2.16. The van der Waals surface area contributed by atoms with Crippen LogP contribution in [0.2, 0.25) is 5.02 Å². The number of rotatable bonds is 4. The molecule has 2 N–H and O–H groups in total. The molecule has 0 aliphatic carbocycles. The maximum Gasteiger partial charge on any atom is 0.319 e. The Labute approximate surface area is 133 Å². The van der Waals surface area contributed by atoms with Gasteiger partial charge < -0.3 is 15.4 Å². The third kappa shape index (κ3) is 3.89. The first-order chi connectivity index (χ1) is 10.5. The molecule has 0 radical (unpaired) electrons. The predicted molar refractivity (Wildman–Crippen MR) is 85.0 cm³/mol. The van der Waals surface area contributed by atoms with Crippen LogP contribution in [0.15, 0.2) is 42.5 Å². The van der Waals surface area contributed by atoms with Crippen LogP contribution in [0.1, 0.15) is 18.5 Å². The number of anilines is 1. The minimum Gasteiger partial charge on any atom is -0.497 e. The fraction of sp³-hybridized carbons (Fsp3) is 0.188. The van der Waals surface area contributed by atoms with Crippen molar-refractivity contribution < 1.29 is 13.9 Å². The molecule has 1 atom stereocenters. The molecule has 0 aromatic heterocycles. The van der Waals surface area contributed by atoms with E-state index in [-0.39, 0.29) is 16.8 Å². The number of para-hydroxylation sites is 1. The lowest BCUT2D eigenvalue weighted by Crippen LogP contribution is -2.31. The number of methoxy groups -OCH3 is 1. The summed E-state index contributed by atoms with van der Waals surface area (Å²) < 4.78 is 18.7.